The first kappa shape index (κ1) is 8.96. The zero-order chi connectivity index (χ0) is 9.26. The van der Waals surface area contributed by atoms with Crippen molar-refractivity contribution in [1.29, 1.82) is 0 Å². The second-order valence-corrected chi connectivity index (χ2v) is 4.25. The van der Waals surface area contributed by atoms with E-state index >= 15 is 0 Å². The van der Waals surface area contributed by atoms with E-state index in [1.165, 1.54) is 24.2 Å². The maximum atomic E-state index is 10.9. The van der Waals surface area contributed by atoms with Crippen molar-refractivity contribution in [2.75, 3.05) is 11.1 Å². The van der Waals surface area contributed by atoms with E-state index in [1.807, 2.05) is 0 Å². The Morgan fingerprint density at radius 1 is 1.62 bits per heavy atom. The first-order valence-electron chi connectivity index (χ1n) is 4.03. The molecule has 1 saturated carbocycles. The molecule has 1 aromatic heterocycles. The van der Waals surface area contributed by atoms with Gasteiger partial charge in [-0.2, -0.15) is 12.6 Å². The first-order valence-corrected chi connectivity index (χ1v) is 5.48. The Morgan fingerprint density at radius 3 is 3.00 bits per heavy atom. The molecule has 1 amide bonds. The molecule has 1 heterocycles. The standard InChI is InChI=1S/C7H9N3OS2/c11-5(3-12)8-7-10-9-6(13-7)4-1-2-4/h4,12H,1-3H2,(H,8,10,11). The Hall–Kier alpha value is -0.620. The molecule has 1 aromatic rings. The highest BCUT2D eigenvalue weighted by Crippen LogP contribution is 2.41. The molecule has 4 nitrogen and oxygen atoms in total. The smallest absolute Gasteiger partial charge is 0.235 e. The molecule has 0 unspecified atom stereocenters. The van der Waals surface area contributed by atoms with Crippen LogP contribution in [0.3, 0.4) is 0 Å². The third-order valence-electron chi connectivity index (χ3n) is 1.76. The van der Waals surface area contributed by atoms with Crippen molar-refractivity contribution in [3.63, 3.8) is 0 Å². The predicted octanol–water partition coefficient (Wildman–Crippen LogP) is 1.28. The summed E-state index contributed by atoms with van der Waals surface area (Å²) in [4.78, 5) is 10.9. The van der Waals surface area contributed by atoms with Crippen molar-refractivity contribution in [2.24, 2.45) is 0 Å². The molecule has 1 aliphatic rings. The molecule has 13 heavy (non-hydrogen) atoms. The van der Waals surface area contributed by atoms with Gasteiger partial charge in [0.1, 0.15) is 5.01 Å². The van der Waals surface area contributed by atoms with E-state index in [-0.39, 0.29) is 11.7 Å². The minimum absolute atomic E-state index is 0.137. The topological polar surface area (TPSA) is 54.9 Å². The van der Waals surface area contributed by atoms with E-state index in [9.17, 15) is 4.79 Å². The van der Waals surface area contributed by atoms with Crippen LogP contribution < -0.4 is 5.32 Å². The van der Waals surface area contributed by atoms with E-state index < -0.39 is 0 Å². The monoisotopic (exact) mass is 215 g/mol. The van der Waals surface area contributed by atoms with Crippen LogP contribution in [-0.4, -0.2) is 21.9 Å². The Balaban J connectivity index is 2.00. The number of hydrogen-bond acceptors (Lipinski definition) is 5. The van der Waals surface area contributed by atoms with Crippen LogP contribution in [0.15, 0.2) is 0 Å². The average molecular weight is 215 g/mol. The summed E-state index contributed by atoms with van der Waals surface area (Å²) >= 11 is 5.31. The fourth-order valence-corrected chi connectivity index (χ4v) is 1.95. The minimum atomic E-state index is -0.137. The molecule has 6 heteroatoms. The second kappa shape index (κ2) is 3.63. The summed E-state index contributed by atoms with van der Waals surface area (Å²) in [5.41, 5.74) is 0. The maximum Gasteiger partial charge on any atom is 0.235 e. The highest BCUT2D eigenvalue weighted by Gasteiger charge is 2.27. The summed E-state index contributed by atoms with van der Waals surface area (Å²) in [7, 11) is 0. The Kier molecular flexibility index (Phi) is 2.50. The number of amides is 1. The molecule has 1 N–H and O–H groups in total. The highest BCUT2D eigenvalue weighted by atomic mass is 32.1. The van der Waals surface area contributed by atoms with Gasteiger partial charge < -0.3 is 0 Å². The van der Waals surface area contributed by atoms with Crippen molar-refractivity contribution in [2.45, 2.75) is 18.8 Å². The van der Waals surface area contributed by atoms with Crippen LogP contribution in [0.25, 0.3) is 0 Å². The van der Waals surface area contributed by atoms with Gasteiger partial charge in [-0.1, -0.05) is 11.3 Å². The van der Waals surface area contributed by atoms with Gasteiger partial charge in [-0.05, 0) is 12.8 Å². The Morgan fingerprint density at radius 2 is 2.38 bits per heavy atom. The zero-order valence-corrected chi connectivity index (χ0v) is 8.57. The van der Waals surface area contributed by atoms with E-state index in [0.717, 1.165) is 5.01 Å². The van der Waals surface area contributed by atoms with E-state index in [4.69, 9.17) is 0 Å². The molecule has 0 aromatic carbocycles. The average Bonchev–Trinajstić information content (AvgIpc) is 2.88. The molecular formula is C7H9N3OS2. The normalized spacial score (nSPS) is 15.8. The number of carbonyl (C=O) groups excluding carboxylic acids is 1. The molecule has 0 spiro atoms. The van der Waals surface area contributed by atoms with Gasteiger partial charge in [0.05, 0.1) is 5.75 Å². The summed E-state index contributed by atoms with van der Waals surface area (Å²) in [5, 5.41) is 12.1. The molecule has 0 atom stereocenters. The van der Waals surface area contributed by atoms with Crippen LogP contribution in [0.2, 0.25) is 0 Å². The van der Waals surface area contributed by atoms with E-state index in [1.54, 1.807) is 0 Å². The number of aromatic nitrogens is 2. The first-order chi connectivity index (χ1) is 6.29. The summed E-state index contributed by atoms with van der Waals surface area (Å²) in [6.45, 7) is 0. The lowest BCUT2D eigenvalue weighted by Gasteiger charge is -1.93. The number of rotatable bonds is 3. The lowest BCUT2D eigenvalue weighted by molar-refractivity contribution is -0.113. The second-order valence-electron chi connectivity index (χ2n) is 2.93. The quantitative estimate of drug-likeness (QED) is 0.747. The van der Waals surface area contributed by atoms with Gasteiger partial charge in [0.2, 0.25) is 11.0 Å². The molecule has 70 valence electrons. The molecular weight excluding hydrogens is 206 g/mol. The fourth-order valence-electron chi connectivity index (χ4n) is 0.939. The van der Waals surface area contributed by atoms with Gasteiger partial charge in [0, 0.05) is 5.92 Å². The molecule has 0 radical (unpaired) electrons. The van der Waals surface area contributed by atoms with Gasteiger partial charge in [-0.15, -0.1) is 10.2 Å². The molecule has 2 rings (SSSR count). The lowest BCUT2D eigenvalue weighted by atomic mass is 10.5. The lowest BCUT2D eigenvalue weighted by Crippen LogP contribution is -2.12. The summed E-state index contributed by atoms with van der Waals surface area (Å²) in [5.74, 6) is 0.638. The van der Waals surface area contributed by atoms with Gasteiger partial charge >= 0.3 is 0 Å². The molecule has 0 saturated heterocycles. The molecule has 1 aliphatic carbocycles. The number of carbonyl (C=O) groups is 1. The SMILES string of the molecule is O=C(CS)Nc1nnc(C2CC2)s1. The van der Waals surface area contributed by atoms with Crippen molar-refractivity contribution in [3.05, 3.63) is 5.01 Å². The van der Waals surface area contributed by atoms with Crippen molar-refractivity contribution < 1.29 is 4.79 Å². The maximum absolute atomic E-state index is 10.9. The fraction of sp³-hybridized carbons (Fsp3) is 0.571. The van der Waals surface area contributed by atoms with Crippen LogP contribution >= 0.6 is 24.0 Å². The van der Waals surface area contributed by atoms with Crippen LogP contribution in [0, 0.1) is 0 Å². The van der Waals surface area contributed by atoms with E-state index in [2.05, 4.69) is 28.1 Å². The van der Waals surface area contributed by atoms with Crippen molar-refractivity contribution in [3.8, 4) is 0 Å². The van der Waals surface area contributed by atoms with E-state index in [0.29, 0.717) is 11.0 Å². The molecule has 0 bridgehead atoms. The zero-order valence-electron chi connectivity index (χ0n) is 6.86. The third-order valence-corrected chi connectivity index (χ3v) is 3.05. The molecule has 0 aliphatic heterocycles. The highest BCUT2D eigenvalue weighted by molar-refractivity contribution is 7.81. The van der Waals surface area contributed by atoms with Gasteiger partial charge in [0.25, 0.3) is 0 Å². The summed E-state index contributed by atoms with van der Waals surface area (Å²) < 4.78 is 0. The number of nitrogens with one attached hydrogen (secondary N) is 1. The Bertz CT molecular complexity index is 321. The largest absolute Gasteiger partial charge is 0.300 e. The summed E-state index contributed by atoms with van der Waals surface area (Å²) in [6, 6.07) is 0. The van der Waals surface area contributed by atoms with Crippen LogP contribution in [0.1, 0.15) is 23.8 Å². The predicted molar refractivity (Wildman–Crippen MR) is 54.4 cm³/mol. The van der Waals surface area contributed by atoms with Crippen molar-refractivity contribution >= 4 is 35.0 Å². The van der Waals surface area contributed by atoms with Crippen LogP contribution in [-0.2, 0) is 4.79 Å². The summed E-state index contributed by atoms with van der Waals surface area (Å²) in [6.07, 6.45) is 2.41. The van der Waals surface area contributed by atoms with Gasteiger partial charge in [-0.25, -0.2) is 0 Å². The number of hydrogen-bond donors (Lipinski definition) is 2. The van der Waals surface area contributed by atoms with Crippen molar-refractivity contribution in [1.82, 2.24) is 10.2 Å². The molecule has 1 fully saturated rings. The minimum Gasteiger partial charge on any atom is -0.300 e. The number of nitrogens with zero attached hydrogens (tertiary/aromatic N) is 2. The van der Waals surface area contributed by atoms with Gasteiger partial charge in [0.15, 0.2) is 0 Å². The number of anilines is 1. The Labute approximate surface area is 85.2 Å². The number of thiol groups is 1. The van der Waals surface area contributed by atoms with Crippen LogP contribution in [0.4, 0.5) is 5.13 Å². The third kappa shape index (κ3) is 2.19. The van der Waals surface area contributed by atoms with Gasteiger partial charge in [-0.3, -0.25) is 10.1 Å². The van der Waals surface area contributed by atoms with Crippen LogP contribution in [0.5, 0.6) is 0 Å².